The molecule has 30 heavy (non-hydrogen) atoms. The van der Waals surface area contributed by atoms with Gasteiger partial charge in [-0.25, -0.2) is 10.6 Å². The van der Waals surface area contributed by atoms with Gasteiger partial charge in [0, 0.05) is 0 Å². The zero-order valence-electron chi connectivity index (χ0n) is 17.2. The number of hydrogen-bond acceptors (Lipinski definition) is 0. The van der Waals surface area contributed by atoms with E-state index in [0.717, 1.165) is 0 Å². The summed E-state index contributed by atoms with van der Waals surface area (Å²) >= 11 is 6.40. The van der Waals surface area contributed by atoms with Gasteiger partial charge in [0.2, 0.25) is 0 Å². The molecular weight excluding hydrogens is 435 g/mol. The van der Waals surface area contributed by atoms with Gasteiger partial charge in [0.15, 0.2) is 0 Å². The molecule has 0 unspecified atom stereocenters. The van der Waals surface area contributed by atoms with E-state index in [1.165, 1.54) is 29.8 Å². The van der Waals surface area contributed by atoms with E-state index in [9.17, 15) is 0 Å². The quantitative estimate of drug-likeness (QED) is 0.226. The Labute approximate surface area is 218 Å². The first-order valence-electron chi connectivity index (χ1n) is 8.71. The summed E-state index contributed by atoms with van der Waals surface area (Å²) in [5, 5.41) is 5.09. The van der Waals surface area contributed by atoms with Crippen LogP contribution in [-0.4, -0.2) is 0 Å². The molecule has 0 amide bonds. The summed E-state index contributed by atoms with van der Waals surface area (Å²) in [6.45, 7) is 0. The zero-order valence-corrected chi connectivity index (χ0v) is 20.5. The Balaban J connectivity index is 0.000000511. The van der Waals surface area contributed by atoms with Gasteiger partial charge < -0.3 is 21.0 Å². The van der Waals surface area contributed by atoms with Gasteiger partial charge in [0.25, 0.3) is 0 Å². The molecule has 0 aliphatic carbocycles. The first-order chi connectivity index (χ1) is 13.3. The van der Waals surface area contributed by atoms with Crippen molar-refractivity contribution in [1.82, 2.24) is 0 Å². The van der Waals surface area contributed by atoms with E-state index < -0.39 is 7.27 Å². The monoisotopic (exact) mass is 454 g/mol. The molecule has 0 radical (unpaired) electrons. The van der Waals surface area contributed by atoms with Crippen molar-refractivity contribution in [2.45, 2.75) is 0 Å². The SMILES string of the molecule is ClP(c1ccccc1)c1ccccc1.[Cl-].[Li+].[Li+].c1ccc([P-]c2ccccc2)cc1. The van der Waals surface area contributed by atoms with Crippen LogP contribution in [0.3, 0.4) is 0 Å². The van der Waals surface area contributed by atoms with Crippen LogP contribution in [0.4, 0.5) is 0 Å². The molecule has 0 nitrogen and oxygen atoms in total. The Morgan fingerprint density at radius 1 is 0.467 bits per heavy atom. The van der Waals surface area contributed by atoms with Crippen LogP contribution in [0.5, 0.6) is 0 Å². The molecule has 4 aromatic carbocycles. The van der Waals surface area contributed by atoms with Crippen LogP contribution in [0.25, 0.3) is 0 Å². The van der Waals surface area contributed by atoms with E-state index in [1.54, 1.807) is 0 Å². The molecule has 0 saturated carbocycles. The van der Waals surface area contributed by atoms with E-state index in [1.807, 2.05) is 48.5 Å². The molecule has 0 aliphatic rings. The average Bonchev–Trinajstić information content (AvgIpc) is 2.76. The molecule has 0 saturated heterocycles. The Bertz CT molecular complexity index is 836. The fourth-order valence-electron chi connectivity index (χ4n) is 2.42. The van der Waals surface area contributed by atoms with Crippen LogP contribution in [0, 0.1) is 0 Å². The molecule has 0 atom stereocenters. The minimum Gasteiger partial charge on any atom is -1.00 e. The van der Waals surface area contributed by atoms with Gasteiger partial charge in [-0.05, 0) is 10.6 Å². The van der Waals surface area contributed by atoms with Crippen LogP contribution in [0.1, 0.15) is 0 Å². The minimum atomic E-state index is -0.699. The van der Waals surface area contributed by atoms with Crippen molar-refractivity contribution in [3.63, 3.8) is 0 Å². The van der Waals surface area contributed by atoms with E-state index in [2.05, 4.69) is 72.8 Å². The molecule has 4 aromatic rings. The van der Waals surface area contributed by atoms with Crippen LogP contribution in [0.15, 0.2) is 121 Å². The summed E-state index contributed by atoms with van der Waals surface area (Å²) in [5.74, 6) is 0. The van der Waals surface area contributed by atoms with E-state index in [4.69, 9.17) is 11.2 Å². The summed E-state index contributed by atoms with van der Waals surface area (Å²) in [6.07, 6.45) is 0. The molecule has 142 valence electrons. The summed E-state index contributed by atoms with van der Waals surface area (Å²) in [7, 11) is 0.584. The van der Waals surface area contributed by atoms with Gasteiger partial charge in [-0.15, -0.1) is 0 Å². The van der Waals surface area contributed by atoms with Crippen molar-refractivity contribution in [2.75, 3.05) is 0 Å². The van der Waals surface area contributed by atoms with Crippen molar-refractivity contribution in [2.24, 2.45) is 0 Å². The second-order valence-corrected chi connectivity index (χ2v) is 9.60. The normalized spacial score (nSPS) is 9.13. The van der Waals surface area contributed by atoms with Crippen LogP contribution in [-0.2, 0) is 0 Å². The summed E-state index contributed by atoms with van der Waals surface area (Å²) in [4.78, 5) is 0. The maximum Gasteiger partial charge on any atom is 1.00 e. The van der Waals surface area contributed by atoms with E-state index in [-0.39, 0.29) is 50.1 Å². The van der Waals surface area contributed by atoms with Crippen LogP contribution < -0.4 is 71.3 Å². The molecule has 0 fully saturated rings. The van der Waals surface area contributed by atoms with Gasteiger partial charge in [-0.3, -0.25) is 0 Å². The maximum absolute atomic E-state index is 6.40. The Morgan fingerprint density at radius 3 is 1.03 bits per heavy atom. The molecule has 0 aliphatic heterocycles. The number of hydrogen-bond donors (Lipinski definition) is 0. The van der Waals surface area contributed by atoms with Crippen LogP contribution in [0.2, 0.25) is 0 Å². The summed E-state index contributed by atoms with van der Waals surface area (Å²) in [6, 6.07) is 41.4. The summed E-state index contributed by atoms with van der Waals surface area (Å²) in [5.41, 5.74) is 0. The largest absolute Gasteiger partial charge is 1.00 e. The predicted octanol–water partition coefficient (Wildman–Crippen LogP) is -3.13. The fraction of sp³-hybridized carbons (Fsp3) is 0. The van der Waals surface area contributed by atoms with Crippen molar-refractivity contribution in [1.29, 1.82) is 0 Å². The third-order valence-electron chi connectivity index (χ3n) is 3.74. The van der Waals surface area contributed by atoms with Crippen molar-refractivity contribution < 1.29 is 50.1 Å². The van der Waals surface area contributed by atoms with Gasteiger partial charge in [0.1, 0.15) is 0 Å². The molecule has 6 heteroatoms. The first-order valence-corrected chi connectivity index (χ1v) is 11.8. The molecule has 0 N–H and O–H groups in total. The Hall–Kier alpha value is -0.485. The van der Waals surface area contributed by atoms with Crippen LogP contribution >= 0.6 is 27.1 Å². The predicted molar refractivity (Wildman–Crippen MR) is 124 cm³/mol. The standard InChI is InChI=1S/C12H10ClP.C12H10P.ClH.2Li/c13-14(11-7-3-1-4-8-11)12-9-5-2-6-10-12;1-3-7-11(8-4-1)13-12-9-5-2-6-10-12;;;/h1-10H;1-10H;1H;;/q;-1;;2*+1/p-1. The van der Waals surface area contributed by atoms with Crippen molar-refractivity contribution >= 4 is 48.3 Å². The molecule has 0 aromatic heterocycles. The molecule has 0 heterocycles. The third kappa shape index (κ3) is 10.2. The third-order valence-corrected chi connectivity index (χ3v) is 7.52. The van der Waals surface area contributed by atoms with E-state index in [0.29, 0.717) is 0 Å². The fourth-order valence-corrected chi connectivity index (χ4v) is 5.20. The number of rotatable bonds is 4. The Morgan fingerprint density at radius 2 is 0.733 bits per heavy atom. The molecule has 0 bridgehead atoms. The maximum atomic E-state index is 6.40. The second-order valence-electron chi connectivity index (χ2n) is 5.73. The molecule has 0 spiro atoms. The van der Waals surface area contributed by atoms with Gasteiger partial charge in [0.05, 0.1) is 7.27 Å². The molecule has 4 rings (SSSR count). The second kappa shape index (κ2) is 17.1. The average molecular weight is 455 g/mol. The zero-order chi connectivity index (χ0) is 18.7. The minimum absolute atomic E-state index is 0. The Kier molecular flexibility index (Phi) is 16.8. The topological polar surface area (TPSA) is 0 Å². The number of halogens is 2. The first kappa shape index (κ1) is 29.5. The van der Waals surface area contributed by atoms with Gasteiger partial charge in [-0.2, -0.15) is 0 Å². The number of benzene rings is 4. The smallest absolute Gasteiger partial charge is 1.00 e. The van der Waals surface area contributed by atoms with Gasteiger partial charge in [-0.1, -0.05) is 133 Å². The van der Waals surface area contributed by atoms with E-state index >= 15 is 0 Å². The summed E-state index contributed by atoms with van der Waals surface area (Å²) < 4.78 is 0. The van der Waals surface area contributed by atoms with Crippen molar-refractivity contribution in [3.05, 3.63) is 121 Å². The molecular formula is C24H20Cl2Li2P2. The van der Waals surface area contributed by atoms with Crippen molar-refractivity contribution in [3.8, 4) is 0 Å². The van der Waals surface area contributed by atoms with Gasteiger partial charge >= 0.3 is 37.7 Å².